The fourth-order valence-corrected chi connectivity index (χ4v) is 1.19. The smallest absolute Gasteiger partial charge is 0.100 e. The summed E-state index contributed by atoms with van der Waals surface area (Å²) in [4.78, 5) is 0. The molecule has 0 amide bonds. The van der Waals surface area contributed by atoms with E-state index in [1.165, 1.54) is 0 Å². The van der Waals surface area contributed by atoms with E-state index in [0.717, 1.165) is 12.8 Å². The van der Waals surface area contributed by atoms with Crippen molar-refractivity contribution in [3.05, 3.63) is 12.7 Å². The van der Waals surface area contributed by atoms with Gasteiger partial charge in [-0.1, -0.05) is 26.3 Å². The lowest BCUT2D eigenvalue weighted by atomic mass is 9.95. The van der Waals surface area contributed by atoms with Crippen molar-refractivity contribution in [2.75, 3.05) is 0 Å². The molecule has 0 aliphatic carbocycles. The van der Waals surface area contributed by atoms with Crippen molar-refractivity contribution in [1.29, 1.82) is 0 Å². The molecule has 0 nitrogen and oxygen atoms in total. The second-order valence-corrected chi connectivity index (χ2v) is 3.04. The maximum absolute atomic E-state index is 12.9. The van der Waals surface area contributed by atoms with Crippen LogP contribution < -0.4 is 0 Å². The molecule has 0 fully saturated rings. The van der Waals surface area contributed by atoms with Gasteiger partial charge in [0.2, 0.25) is 0 Å². The summed E-state index contributed by atoms with van der Waals surface area (Å²) < 4.78 is 12.9. The van der Waals surface area contributed by atoms with Gasteiger partial charge in [0.05, 0.1) is 0 Å². The van der Waals surface area contributed by atoms with Gasteiger partial charge in [-0.25, -0.2) is 4.39 Å². The van der Waals surface area contributed by atoms with Gasteiger partial charge >= 0.3 is 0 Å². The molecule has 0 aliphatic heterocycles. The number of rotatable bonds is 6. The Hall–Kier alpha value is -0.330. The minimum atomic E-state index is -0.611. The second kappa shape index (κ2) is 6.38. The minimum Gasteiger partial charge on any atom is -0.247 e. The van der Waals surface area contributed by atoms with Crippen LogP contribution in [0.25, 0.3) is 0 Å². The molecule has 0 unspecified atom stereocenters. The topological polar surface area (TPSA) is 0 Å². The van der Waals surface area contributed by atoms with E-state index in [1.54, 1.807) is 0 Å². The highest BCUT2D eigenvalue weighted by Crippen LogP contribution is 2.18. The Morgan fingerprint density at radius 2 is 2.00 bits per heavy atom. The molecule has 2 atom stereocenters. The molecular formula is C10H19F. The first kappa shape index (κ1) is 10.7. The molecule has 0 aliphatic rings. The van der Waals surface area contributed by atoms with Gasteiger partial charge in [-0.15, -0.1) is 6.58 Å². The molecule has 0 spiro atoms. The SMILES string of the molecule is C=CC[C@@H](CC)C[C@@H](F)CC. The van der Waals surface area contributed by atoms with Crippen LogP contribution in [0.5, 0.6) is 0 Å². The molecule has 0 saturated carbocycles. The first-order valence-electron chi connectivity index (χ1n) is 4.49. The molecule has 0 saturated heterocycles. The van der Waals surface area contributed by atoms with E-state index in [-0.39, 0.29) is 0 Å². The fraction of sp³-hybridized carbons (Fsp3) is 0.800. The Labute approximate surface area is 69.5 Å². The number of hydrogen-bond acceptors (Lipinski definition) is 0. The lowest BCUT2D eigenvalue weighted by Gasteiger charge is -2.14. The Balaban J connectivity index is 3.57. The average Bonchev–Trinajstić information content (AvgIpc) is 2.03. The highest BCUT2D eigenvalue weighted by atomic mass is 19.1. The molecule has 0 aromatic heterocycles. The maximum atomic E-state index is 12.9. The summed E-state index contributed by atoms with van der Waals surface area (Å²) in [6.07, 6.45) is 4.65. The molecule has 1 heteroatoms. The largest absolute Gasteiger partial charge is 0.247 e. The summed E-state index contributed by atoms with van der Waals surface area (Å²) in [5.41, 5.74) is 0. The van der Waals surface area contributed by atoms with Gasteiger partial charge in [0.15, 0.2) is 0 Å². The molecule has 0 aromatic rings. The van der Waals surface area contributed by atoms with Crippen molar-refractivity contribution in [1.82, 2.24) is 0 Å². The summed E-state index contributed by atoms with van der Waals surface area (Å²) in [5.74, 6) is 0.502. The van der Waals surface area contributed by atoms with Crippen LogP contribution in [0.4, 0.5) is 4.39 Å². The van der Waals surface area contributed by atoms with Gasteiger partial charge in [0.1, 0.15) is 6.17 Å². The van der Waals surface area contributed by atoms with Gasteiger partial charge in [-0.05, 0) is 25.2 Å². The van der Waals surface area contributed by atoms with E-state index in [1.807, 2.05) is 13.0 Å². The molecule has 11 heavy (non-hydrogen) atoms. The lowest BCUT2D eigenvalue weighted by Crippen LogP contribution is -2.07. The highest BCUT2D eigenvalue weighted by molar-refractivity contribution is 4.74. The molecule has 0 radical (unpaired) electrons. The molecule has 0 rings (SSSR count). The Morgan fingerprint density at radius 3 is 2.36 bits per heavy atom. The van der Waals surface area contributed by atoms with Gasteiger partial charge in [0.25, 0.3) is 0 Å². The van der Waals surface area contributed by atoms with Crippen molar-refractivity contribution in [2.24, 2.45) is 5.92 Å². The van der Waals surface area contributed by atoms with E-state index in [9.17, 15) is 4.39 Å². The number of alkyl halides is 1. The number of hydrogen-bond donors (Lipinski definition) is 0. The predicted octanol–water partition coefficient (Wildman–Crippen LogP) is 3.73. The number of allylic oxidation sites excluding steroid dienone is 1. The monoisotopic (exact) mass is 158 g/mol. The third-order valence-corrected chi connectivity index (χ3v) is 2.11. The van der Waals surface area contributed by atoms with Gasteiger partial charge in [-0.2, -0.15) is 0 Å². The zero-order chi connectivity index (χ0) is 8.69. The summed E-state index contributed by atoms with van der Waals surface area (Å²) in [6, 6.07) is 0. The van der Waals surface area contributed by atoms with Crippen LogP contribution in [0.3, 0.4) is 0 Å². The van der Waals surface area contributed by atoms with Crippen LogP contribution in [0.2, 0.25) is 0 Å². The Morgan fingerprint density at radius 1 is 1.36 bits per heavy atom. The van der Waals surface area contributed by atoms with Crippen LogP contribution in [-0.2, 0) is 0 Å². The van der Waals surface area contributed by atoms with Gasteiger partial charge < -0.3 is 0 Å². The van der Waals surface area contributed by atoms with Crippen molar-refractivity contribution < 1.29 is 4.39 Å². The van der Waals surface area contributed by atoms with Crippen LogP contribution >= 0.6 is 0 Å². The van der Waals surface area contributed by atoms with Crippen molar-refractivity contribution in [2.45, 2.75) is 45.7 Å². The summed E-state index contributed by atoms with van der Waals surface area (Å²) >= 11 is 0. The zero-order valence-electron chi connectivity index (χ0n) is 7.65. The minimum absolute atomic E-state index is 0.502. The molecule has 0 heterocycles. The maximum Gasteiger partial charge on any atom is 0.100 e. The highest BCUT2D eigenvalue weighted by Gasteiger charge is 2.10. The first-order valence-corrected chi connectivity index (χ1v) is 4.49. The van der Waals surface area contributed by atoms with Crippen molar-refractivity contribution >= 4 is 0 Å². The standard InChI is InChI=1S/C10H19F/c1-4-7-9(5-2)8-10(11)6-3/h4,9-10H,1,5-8H2,2-3H3/t9-,10+/m1/s1. The molecular weight excluding hydrogens is 139 g/mol. The zero-order valence-corrected chi connectivity index (χ0v) is 7.65. The van der Waals surface area contributed by atoms with Crippen molar-refractivity contribution in [3.63, 3.8) is 0 Å². The molecule has 0 bridgehead atoms. The predicted molar refractivity (Wildman–Crippen MR) is 48.4 cm³/mol. The van der Waals surface area contributed by atoms with Crippen molar-refractivity contribution in [3.8, 4) is 0 Å². The van der Waals surface area contributed by atoms with Crippen LogP contribution in [0.1, 0.15) is 39.5 Å². The van der Waals surface area contributed by atoms with Crippen LogP contribution in [0, 0.1) is 5.92 Å². The summed E-state index contributed by atoms with van der Waals surface area (Å²) in [7, 11) is 0. The Bertz CT molecular complexity index is 99.0. The van der Waals surface area contributed by atoms with Crippen LogP contribution in [-0.4, -0.2) is 6.17 Å². The summed E-state index contributed by atoms with van der Waals surface area (Å²) in [6.45, 7) is 7.66. The Kier molecular flexibility index (Phi) is 6.19. The van der Waals surface area contributed by atoms with Gasteiger partial charge in [0, 0.05) is 0 Å². The molecule has 66 valence electrons. The quantitative estimate of drug-likeness (QED) is 0.517. The summed E-state index contributed by atoms with van der Waals surface area (Å²) in [5, 5.41) is 0. The third-order valence-electron chi connectivity index (χ3n) is 2.11. The lowest BCUT2D eigenvalue weighted by molar-refractivity contribution is 0.257. The van der Waals surface area contributed by atoms with E-state index in [4.69, 9.17) is 0 Å². The average molecular weight is 158 g/mol. The van der Waals surface area contributed by atoms with Gasteiger partial charge in [-0.3, -0.25) is 0 Å². The molecule has 0 aromatic carbocycles. The first-order chi connectivity index (χ1) is 5.24. The van der Waals surface area contributed by atoms with E-state index in [2.05, 4.69) is 13.5 Å². The molecule has 0 N–H and O–H groups in total. The van der Waals surface area contributed by atoms with Crippen LogP contribution in [0.15, 0.2) is 12.7 Å². The van der Waals surface area contributed by atoms with E-state index >= 15 is 0 Å². The third kappa shape index (κ3) is 5.00. The van der Waals surface area contributed by atoms with E-state index < -0.39 is 6.17 Å². The normalized spacial score (nSPS) is 15.9. The second-order valence-electron chi connectivity index (χ2n) is 3.04. The van der Waals surface area contributed by atoms with E-state index in [0.29, 0.717) is 18.8 Å². The number of halogens is 1. The fourth-order valence-electron chi connectivity index (χ4n) is 1.19.